The van der Waals surface area contributed by atoms with Crippen molar-refractivity contribution in [2.24, 2.45) is 11.1 Å². The van der Waals surface area contributed by atoms with E-state index in [9.17, 15) is 0 Å². The molecule has 0 bridgehead atoms. The topological polar surface area (TPSA) is 60.2 Å². The zero-order chi connectivity index (χ0) is 13.0. The van der Waals surface area contributed by atoms with Gasteiger partial charge in [-0.1, -0.05) is 0 Å². The van der Waals surface area contributed by atoms with Crippen LogP contribution in [0.3, 0.4) is 0 Å². The third-order valence-electron chi connectivity index (χ3n) is 3.56. The van der Waals surface area contributed by atoms with E-state index in [2.05, 4.69) is 15.7 Å². The first kappa shape index (κ1) is 13.9. The molecule has 2 rings (SSSR count). The van der Waals surface area contributed by atoms with Crippen molar-refractivity contribution in [3.05, 3.63) is 16.1 Å². The van der Waals surface area contributed by atoms with Crippen LogP contribution in [0.15, 0.2) is 5.38 Å². The van der Waals surface area contributed by atoms with E-state index in [-0.39, 0.29) is 6.04 Å². The van der Waals surface area contributed by atoms with Crippen molar-refractivity contribution in [1.29, 1.82) is 0 Å². The van der Waals surface area contributed by atoms with E-state index < -0.39 is 0 Å². The maximum absolute atomic E-state index is 5.80. The number of hydrogen-bond donors (Lipinski definition) is 2. The van der Waals surface area contributed by atoms with Gasteiger partial charge >= 0.3 is 0 Å². The van der Waals surface area contributed by atoms with Gasteiger partial charge in [0.15, 0.2) is 0 Å². The van der Waals surface area contributed by atoms with Crippen LogP contribution in [0, 0.1) is 5.41 Å². The second-order valence-corrected chi connectivity index (χ2v) is 6.20. The smallest absolute Gasteiger partial charge is 0.109 e. The molecule has 1 atom stereocenters. The molecule has 3 N–H and O–H groups in total. The second kappa shape index (κ2) is 6.10. The van der Waals surface area contributed by atoms with Gasteiger partial charge in [0, 0.05) is 32.2 Å². The fourth-order valence-electron chi connectivity index (χ4n) is 2.08. The Bertz CT molecular complexity index is 374. The van der Waals surface area contributed by atoms with Crippen LogP contribution < -0.4 is 11.1 Å². The van der Waals surface area contributed by atoms with Gasteiger partial charge in [0.05, 0.1) is 11.7 Å². The first-order chi connectivity index (χ1) is 8.65. The van der Waals surface area contributed by atoms with E-state index in [1.807, 2.05) is 6.92 Å². The fraction of sp³-hybridized carbons (Fsp3) is 0.769. The molecular weight excluding hydrogens is 246 g/mol. The Hall–Kier alpha value is -0.490. The van der Waals surface area contributed by atoms with Crippen molar-refractivity contribution in [2.45, 2.75) is 38.8 Å². The van der Waals surface area contributed by atoms with Crippen molar-refractivity contribution < 1.29 is 4.74 Å². The molecule has 1 saturated carbocycles. The molecule has 1 aliphatic rings. The van der Waals surface area contributed by atoms with E-state index in [0.717, 1.165) is 30.4 Å². The average molecular weight is 269 g/mol. The molecule has 0 saturated heterocycles. The standard InChI is InChI=1S/C13H23N3OS/c1-10(14)12-16-11(8-18-12)7-15-9-13(3-4-13)5-6-17-2/h8,10,15H,3-7,9,14H2,1-2H3. The molecule has 0 aliphatic heterocycles. The van der Waals surface area contributed by atoms with Gasteiger partial charge < -0.3 is 15.8 Å². The zero-order valence-electron chi connectivity index (χ0n) is 11.2. The monoisotopic (exact) mass is 269 g/mol. The van der Waals surface area contributed by atoms with Crippen molar-refractivity contribution in [1.82, 2.24) is 10.3 Å². The zero-order valence-corrected chi connectivity index (χ0v) is 12.1. The maximum Gasteiger partial charge on any atom is 0.109 e. The average Bonchev–Trinajstić information content (AvgIpc) is 2.94. The van der Waals surface area contributed by atoms with Gasteiger partial charge in [0.25, 0.3) is 0 Å². The van der Waals surface area contributed by atoms with Gasteiger partial charge in [0.2, 0.25) is 0 Å². The minimum absolute atomic E-state index is 0.0419. The number of hydrogen-bond acceptors (Lipinski definition) is 5. The SMILES string of the molecule is COCCC1(CNCc2csc(C(C)N)n2)CC1. The molecular formula is C13H23N3OS. The van der Waals surface area contributed by atoms with Gasteiger partial charge in [-0.3, -0.25) is 0 Å². The van der Waals surface area contributed by atoms with Crippen LogP contribution >= 0.6 is 11.3 Å². The number of nitrogens with two attached hydrogens (primary N) is 1. The molecule has 1 unspecified atom stereocenters. The molecule has 1 fully saturated rings. The van der Waals surface area contributed by atoms with Crippen molar-refractivity contribution in [2.75, 3.05) is 20.3 Å². The minimum Gasteiger partial charge on any atom is -0.385 e. The summed E-state index contributed by atoms with van der Waals surface area (Å²) in [6, 6.07) is 0.0419. The predicted octanol–water partition coefficient (Wildman–Crippen LogP) is 2.07. The number of nitrogens with one attached hydrogen (secondary N) is 1. The van der Waals surface area contributed by atoms with Gasteiger partial charge in [0.1, 0.15) is 5.01 Å². The Kier molecular flexibility index (Phi) is 4.72. The second-order valence-electron chi connectivity index (χ2n) is 5.31. The molecule has 1 aromatic rings. The summed E-state index contributed by atoms with van der Waals surface area (Å²) in [5.41, 5.74) is 7.41. The molecule has 102 valence electrons. The van der Waals surface area contributed by atoms with E-state index >= 15 is 0 Å². The molecule has 0 radical (unpaired) electrons. The van der Waals surface area contributed by atoms with E-state index in [4.69, 9.17) is 10.5 Å². The lowest BCUT2D eigenvalue weighted by atomic mass is 10.0. The summed E-state index contributed by atoms with van der Waals surface area (Å²) in [4.78, 5) is 4.52. The van der Waals surface area contributed by atoms with Gasteiger partial charge in [-0.25, -0.2) is 4.98 Å². The summed E-state index contributed by atoms with van der Waals surface area (Å²) in [6.07, 6.45) is 3.82. The first-order valence-electron chi connectivity index (χ1n) is 6.55. The number of thiazole rings is 1. The summed E-state index contributed by atoms with van der Waals surface area (Å²) in [5, 5.41) is 6.63. The highest BCUT2D eigenvalue weighted by Crippen LogP contribution is 2.48. The molecule has 1 aliphatic carbocycles. The molecule has 5 heteroatoms. The van der Waals surface area contributed by atoms with Gasteiger partial charge in [-0.15, -0.1) is 11.3 Å². The minimum atomic E-state index is 0.0419. The number of nitrogens with zero attached hydrogens (tertiary/aromatic N) is 1. The largest absolute Gasteiger partial charge is 0.385 e. The summed E-state index contributed by atoms with van der Waals surface area (Å²) in [7, 11) is 1.77. The third kappa shape index (κ3) is 3.75. The van der Waals surface area contributed by atoms with Crippen LogP contribution in [0.25, 0.3) is 0 Å². The van der Waals surface area contributed by atoms with Crippen LogP contribution in [0.1, 0.15) is 42.9 Å². The summed E-state index contributed by atoms with van der Waals surface area (Å²) >= 11 is 1.65. The van der Waals surface area contributed by atoms with Crippen molar-refractivity contribution >= 4 is 11.3 Å². The van der Waals surface area contributed by atoms with Crippen molar-refractivity contribution in [3.8, 4) is 0 Å². The van der Waals surface area contributed by atoms with Gasteiger partial charge in [-0.2, -0.15) is 0 Å². The normalized spacial score (nSPS) is 18.8. The summed E-state index contributed by atoms with van der Waals surface area (Å²) in [6.45, 7) is 4.76. The molecule has 0 spiro atoms. The Balaban J connectivity index is 1.71. The Morgan fingerprint density at radius 2 is 2.39 bits per heavy atom. The third-order valence-corrected chi connectivity index (χ3v) is 4.65. The number of methoxy groups -OCH3 is 1. The molecule has 0 amide bonds. The Labute approximate surface area is 113 Å². The molecule has 1 heterocycles. The van der Waals surface area contributed by atoms with Gasteiger partial charge in [-0.05, 0) is 31.6 Å². The molecule has 1 aromatic heterocycles. The number of rotatable bonds is 8. The van der Waals surface area contributed by atoms with Crippen LogP contribution in [0.4, 0.5) is 0 Å². The maximum atomic E-state index is 5.80. The van der Waals surface area contributed by atoms with E-state index in [1.54, 1.807) is 18.4 Å². The lowest BCUT2D eigenvalue weighted by molar-refractivity contribution is 0.171. The van der Waals surface area contributed by atoms with E-state index in [1.165, 1.54) is 19.3 Å². The molecule has 18 heavy (non-hydrogen) atoms. The highest BCUT2D eigenvalue weighted by molar-refractivity contribution is 7.09. The van der Waals surface area contributed by atoms with Crippen LogP contribution in [0.2, 0.25) is 0 Å². The van der Waals surface area contributed by atoms with Crippen LogP contribution in [-0.2, 0) is 11.3 Å². The van der Waals surface area contributed by atoms with Crippen LogP contribution in [0.5, 0.6) is 0 Å². The predicted molar refractivity (Wildman–Crippen MR) is 74.6 cm³/mol. The summed E-state index contributed by atoms with van der Waals surface area (Å²) < 4.78 is 5.16. The lowest BCUT2D eigenvalue weighted by Gasteiger charge is -2.14. The number of ether oxygens (including phenoxy) is 1. The Morgan fingerprint density at radius 1 is 1.61 bits per heavy atom. The highest BCUT2D eigenvalue weighted by atomic mass is 32.1. The fourth-order valence-corrected chi connectivity index (χ4v) is 2.86. The van der Waals surface area contributed by atoms with E-state index in [0.29, 0.717) is 5.41 Å². The first-order valence-corrected chi connectivity index (χ1v) is 7.43. The lowest BCUT2D eigenvalue weighted by Crippen LogP contribution is -2.24. The summed E-state index contributed by atoms with van der Waals surface area (Å²) in [5.74, 6) is 0. The van der Waals surface area contributed by atoms with Crippen LogP contribution in [-0.4, -0.2) is 25.2 Å². The number of aromatic nitrogens is 1. The van der Waals surface area contributed by atoms with Crippen molar-refractivity contribution in [3.63, 3.8) is 0 Å². The Morgan fingerprint density at radius 3 is 2.94 bits per heavy atom. The highest BCUT2D eigenvalue weighted by Gasteiger charge is 2.41. The molecule has 4 nitrogen and oxygen atoms in total. The quantitative estimate of drug-likeness (QED) is 0.758. The molecule has 0 aromatic carbocycles.